The van der Waals surface area contributed by atoms with Crippen LogP contribution in [0.15, 0.2) is 12.3 Å². The van der Waals surface area contributed by atoms with Crippen molar-refractivity contribution < 1.29 is 4.74 Å². The van der Waals surface area contributed by atoms with E-state index in [1.807, 2.05) is 13.0 Å². The molecule has 0 radical (unpaired) electrons. The van der Waals surface area contributed by atoms with Crippen LogP contribution in [0.5, 0.6) is 0 Å². The molecule has 2 bridgehead atoms. The molecule has 8 nitrogen and oxygen atoms in total. The summed E-state index contributed by atoms with van der Waals surface area (Å²) in [4.78, 5) is 21.7. The van der Waals surface area contributed by atoms with Crippen molar-refractivity contribution in [3.63, 3.8) is 0 Å². The fraction of sp³-hybridized carbons (Fsp3) is 0.524. The number of hydrogen-bond donors (Lipinski definition) is 1. The number of nitrogens with zero attached hydrogens (tertiary/aromatic N) is 6. The Morgan fingerprint density at radius 3 is 2.76 bits per heavy atom. The van der Waals surface area contributed by atoms with Gasteiger partial charge in [0.05, 0.1) is 6.61 Å². The molecule has 3 aromatic heterocycles. The summed E-state index contributed by atoms with van der Waals surface area (Å²) >= 11 is 0. The lowest BCUT2D eigenvalue weighted by Gasteiger charge is -2.30. The van der Waals surface area contributed by atoms with Gasteiger partial charge in [-0.25, -0.2) is 19.9 Å². The Morgan fingerprint density at radius 2 is 2.03 bits per heavy atom. The van der Waals surface area contributed by atoms with E-state index in [-0.39, 0.29) is 0 Å². The molecule has 3 aliphatic heterocycles. The van der Waals surface area contributed by atoms with Crippen molar-refractivity contribution in [3.05, 3.63) is 23.7 Å². The lowest BCUT2D eigenvalue weighted by Crippen LogP contribution is -2.33. The van der Waals surface area contributed by atoms with Gasteiger partial charge in [0.1, 0.15) is 17.2 Å². The second-order valence-corrected chi connectivity index (χ2v) is 9.06. The average molecular weight is 391 g/mol. The number of anilines is 2. The number of aryl methyl sites for hydroxylation is 1. The lowest BCUT2D eigenvalue weighted by molar-refractivity contribution is -0.0530. The van der Waals surface area contributed by atoms with E-state index in [1.54, 1.807) is 6.20 Å². The number of hydrogen-bond acceptors (Lipinski definition) is 7. The molecule has 6 heterocycles. The van der Waals surface area contributed by atoms with Crippen molar-refractivity contribution in [3.8, 4) is 11.4 Å². The van der Waals surface area contributed by atoms with Crippen LogP contribution in [-0.4, -0.2) is 43.7 Å². The molecule has 0 atom stereocenters. The standard InChI is InChI=1S/C21H25N7O/c1-11-6-13(9-23-16(11)22)17-25-18-15(19(26-17)28-10-12-7-14(28)8-12)24-20-21(2,3)29-5-4-27(18)20/h6,9,12,14H,4-5,7-8,10H2,1-3H3,(H2,22,23). The topological polar surface area (TPSA) is 95.0 Å². The van der Waals surface area contributed by atoms with Gasteiger partial charge >= 0.3 is 0 Å². The van der Waals surface area contributed by atoms with Crippen LogP contribution in [0.4, 0.5) is 11.6 Å². The maximum atomic E-state index is 5.99. The molecular formula is C21H25N7O. The third-order valence-electron chi connectivity index (χ3n) is 6.65. The molecule has 0 aromatic carbocycles. The van der Waals surface area contributed by atoms with E-state index < -0.39 is 5.60 Å². The Kier molecular flexibility index (Phi) is 3.35. The highest BCUT2D eigenvalue weighted by molar-refractivity contribution is 5.87. The number of fused-ring (bicyclic) bond motifs is 4. The fourth-order valence-electron chi connectivity index (χ4n) is 4.94. The molecule has 2 saturated heterocycles. The van der Waals surface area contributed by atoms with Crippen LogP contribution in [0.1, 0.15) is 38.1 Å². The number of nitrogen functional groups attached to an aromatic ring is 1. The normalized spacial score (nSPS) is 24.6. The van der Waals surface area contributed by atoms with Gasteiger partial charge in [-0.15, -0.1) is 0 Å². The zero-order valence-electron chi connectivity index (χ0n) is 17.0. The number of rotatable bonds is 2. The predicted molar refractivity (Wildman–Crippen MR) is 111 cm³/mol. The summed E-state index contributed by atoms with van der Waals surface area (Å²) in [5.41, 5.74) is 9.07. The summed E-state index contributed by atoms with van der Waals surface area (Å²) in [6, 6.07) is 2.58. The summed E-state index contributed by atoms with van der Waals surface area (Å²) in [5, 5.41) is 0. The smallest absolute Gasteiger partial charge is 0.166 e. The monoisotopic (exact) mass is 391 g/mol. The van der Waals surface area contributed by atoms with Crippen LogP contribution in [-0.2, 0) is 16.9 Å². The van der Waals surface area contributed by atoms with E-state index in [9.17, 15) is 0 Å². The minimum atomic E-state index is -0.442. The average Bonchev–Trinajstić information content (AvgIpc) is 3.35. The van der Waals surface area contributed by atoms with Gasteiger partial charge in [-0.3, -0.25) is 0 Å². The number of aromatic nitrogens is 5. The summed E-state index contributed by atoms with van der Waals surface area (Å²) in [5.74, 6) is 3.87. The van der Waals surface area contributed by atoms with Crippen LogP contribution < -0.4 is 10.6 Å². The van der Waals surface area contributed by atoms with Gasteiger partial charge in [-0.05, 0) is 51.2 Å². The first-order valence-electron chi connectivity index (χ1n) is 10.3. The molecule has 8 heteroatoms. The van der Waals surface area contributed by atoms with Crippen LogP contribution in [0.25, 0.3) is 22.6 Å². The second kappa shape index (κ2) is 5.66. The highest BCUT2D eigenvalue weighted by Gasteiger charge is 2.45. The third-order valence-corrected chi connectivity index (χ3v) is 6.65. The quantitative estimate of drug-likeness (QED) is 0.717. The second-order valence-electron chi connectivity index (χ2n) is 9.06. The maximum absolute atomic E-state index is 5.99. The molecule has 2 N–H and O–H groups in total. The zero-order chi connectivity index (χ0) is 19.9. The van der Waals surface area contributed by atoms with Crippen LogP contribution in [0.2, 0.25) is 0 Å². The number of ether oxygens (including phenoxy) is 1. The molecule has 29 heavy (non-hydrogen) atoms. The van der Waals surface area contributed by atoms with Crippen molar-refractivity contribution >= 4 is 22.8 Å². The summed E-state index contributed by atoms with van der Waals surface area (Å²) in [6.07, 6.45) is 4.27. The van der Waals surface area contributed by atoms with Gasteiger partial charge in [0.15, 0.2) is 22.8 Å². The van der Waals surface area contributed by atoms with E-state index in [0.29, 0.717) is 24.3 Å². The van der Waals surface area contributed by atoms with E-state index in [4.69, 9.17) is 25.4 Å². The van der Waals surface area contributed by atoms with Gasteiger partial charge in [0.25, 0.3) is 0 Å². The van der Waals surface area contributed by atoms with E-state index in [2.05, 4.69) is 28.3 Å². The van der Waals surface area contributed by atoms with Crippen molar-refractivity contribution in [1.29, 1.82) is 0 Å². The fourth-order valence-corrected chi connectivity index (χ4v) is 4.94. The summed E-state index contributed by atoms with van der Waals surface area (Å²) < 4.78 is 8.19. The van der Waals surface area contributed by atoms with Crippen LogP contribution in [0, 0.1) is 12.8 Å². The Labute approximate surface area is 169 Å². The molecule has 0 spiro atoms. The molecule has 7 rings (SSSR count). The predicted octanol–water partition coefficient (Wildman–Crippen LogP) is 2.64. The Balaban J connectivity index is 1.61. The Hall–Kier alpha value is -2.74. The first-order chi connectivity index (χ1) is 13.9. The minimum absolute atomic E-state index is 0.442. The molecular weight excluding hydrogens is 366 g/mol. The van der Waals surface area contributed by atoms with E-state index in [1.165, 1.54) is 12.8 Å². The summed E-state index contributed by atoms with van der Waals surface area (Å²) in [7, 11) is 0. The molecule has 3 aromatic rings. The third kappa shape index (κ3) is 2.41. The van der Waals surface area contributed by atoms with E-state index >= 15 is 0 Å². The van der Waals surface area contributed by atoms with E-state index in [0.717, 1.165) is 52.9 Å². The highest BCUT2D eigenvalue weighted by Crippen LogP contribution is 2.45. The molecule has 3 fully saturated rings. The van der Waals surface area contributed by atoms with Crippen LogP contribution >= 0.6 is 0 Å². The first-order valence-corrected chi connectivity index (χ1v) is 10.3. The molecule has 0 amide bonds. The molecule has 150 valence electrons. The molecule has 4 aliphatic rings. The van der Waals surface area contributed by atoms with Gasteiger partial charge in [0, 0.05) is 30.9 Å². The van der Waals surface area contributed by atoms with Crippen LogP contribution in [0.3, 0.4) is 0 Å². The Morgan fingerprint density at radius 1 is 1.21 bits per heavy atom. The Bertz CT molecular complexity index is 1150. The van der Waals surface area contributed by atoms with Crippen molar-refractivity contribution in [1.82, 2.24) is 24.5 Å². The van der Waals surface area contributed by atoms with Gasteiger partial charge in [0.2, 0.25) is 0 Å². The SMILES string of the molecule is Cc1cc(-c2nc(N3CC4CC3C4)c3nc4n(c3n2)CCOC4(C)C)cnc1N. The maximum Gasteiger partial charge on any atom is 0.166 e. The molecule has 1 saturated carbocycles. The largest absolute Gasteiger partial charge is 0.383 e. The van der Waals surface area contributed by atoms with Gasteiger partial charge < -0.3 is 19.9 Å². The zero-order valence-corrected chi connectivity index (χ0v) is 17.0. The highest BCUT2D eigenvalue weighted by atomic mass is 16.5. The van der Waals surface area contributed by atoms with Crippen molar-refractivity contribution in [2.45, 2.75) is 51.8 Å². The minimum Gasteiger partial charge on any atom is -0.383 e. The van der Waals surface area contributed by atoms with Gasteiger partial charge in [-0.2, -0.15) is 0 Å². The van der Waals surface area contributed by atoms with Crippen molar-refractivity contribution in [2.75, 3.05) is 23.8 Å². The van der Waals surface area contributed by atoms with Gasteiger partial charge in [-0.1, -0.05) is 0 Å². The van der Waals surface area contributed by atoms with Crippen molar-refractivity contribution in [2.24, 2.45) is 5.92 Å². The molecule has 0 unspecified atom stereocenters. The lowest BCUT2D eigenvalue weighted by atomic mass is 9.86. The number of nitrogens with two attached hydrogens (primary N) is 1. The molecule has 1 aliphatic carbocycles. The number of imidazole rings is 1. The first kappa shape index (κ1) is 17.1. The number of pyridine rings is 1. The summed E-state index contributed by atoms with van der Waals surface area (Å²) in [6.45, 7) is 8.54.